The summed E-state index contributed by atoms with van der Waals surface area (Å²) in [6, 6.07) is 11.9. The second-order valence-corrected chi connectivity index (χ2v) is 9.78. The third-order valence-corrected chi connectivity index (χ3v) is 7.80. The highest BCUT2D eigenvalue weighted by Crippen LogP contribution is 2.65. The molecule has 194 valence electrons. The first-order valence-corrected chi connectivity index (χ1v) is 12.6. The van der Waals surface area contributed by atoms with Gasteiger partial charge in [0.2, 0.25) is 5.91 Å². The van der Waals surface area contributed by atoms with Crippen molar-refractivity contribution >= 4 is 40.0 Å². The lowest BCUT2D eigenvalue weighted by Gasteiger charge is -2.27. The maximum Gasteiger partial charge on any atom is 0.259 e. The number of anilines is 4. The normalized spacial score (nSPS) is 21.9. The Hall–Kier alpha value is -4.38. The zero-order valence-electron chi connectivity index (χ0n) is 21.1. The van der Waals surface area contributed by atoms with Gasteiger partial charge in [0, 0.05) is 30.1 Å². The largest absolute Gasteiger partial charge is 0.497 e. The summed E-state index contributed by atoms with van der Waals surface area (Å²) in [5.74, 6) is 3.13. The number of nitrogens with zero attached hydrogens (tertiary/aromatic N) is 4. The molecule has 0 radical (unpaired) electrons. The van der Waals surface area contributed by atoms with E-state index in [-0.39, 0.29) is 11.8 Å². The van der Waals surface area contributed by atoms with E-state index in [1.165, 1.54) is 0 Å². The van der Waals surface area contributed by atoms with Crippen LogP contribution in [0.1, 0.15) is 23.5 Å². The van der Waals surface area contributed by atoms with E-state index in [2.05, 4.69) is 47.8 Å². The van der Waals surface area contributed by atoms with Gasteiger partial charge < -0.3 is 29.7 Å². The minimum Gasteiger partial charge on any atom is -0.497 e. The number of methoxy groups -OCH3 is 2. The lowest BCUT2D eigenvalue weighted by Crippen LogP contribution is -2.36. The van der Waals surface area contributed by atoms with Gasteiger partial charge in [-0.25, -0.2) is 4.98 Å². The van der Waals surface area contributed by atoms with Gasteiger partial charge in [0.25, 0.3) is 5.88 Å². The van der Waals surface area contributed by atoms with Crippen LogP contribution in [0.25, 0.3) is 10.9 Å². The highest BCUT2D eigenvalue weighted by atomic mass is 16.5. The molecule has 11 nitrogen and oxygen atoms in total. The quantitative estimate of drug-likeness (QED) is 0.356. The van der Waals surface area contributed by atoms with Crippen molar-refractivity contribution in [3.63, 3.8) is 0 Å². The lowest BCUT2D eigenvalue weighted by molar-refractivity contribution is -0.118. The van der Waals surface area contributed by atoms with E-state index in [4.69, 9.17) is 14.2 Å². The standard InChI is InChI=1S/C27H27N7O4/c1-36-16-4-6-20-18(12-16)27(26(35)29-20)13-19(27)15-3-5-17-21(11-15)32-33-23(17)31-24-25(37-2)30-22(14-28-24)34-7-9-38-10-8-34/h3-6,11-12,14,19H,7-10,13H2,1-2H3,(H,29,35)(H2,28,31,32,33)/t19-,27-/m0/s1. The van der Waals surface area contributed by atoms with E-state index in [0.29, 0.717) is 30.7 Å². The van der Waals surface area contributed by atoms with Crippen molar-refractivity contribution in [3.05, 3.63) is 53.7 Å². The summed E-state index contributed by atoms with van der Waals surface area (Å²) >= 11 is 0. The molecule has 2 fully saturated rings. The summed E-state index contributed by atoms with van der Waals surface area (Å²) in [5.41, 5.74) is 3.27. The molecule has 2 aromatic heterocycles. The van der Waals surface area contributed by atoms with E-state index in [9.17, 15) is 4.79 Å². The van der Waals surface area contributed by atoms with Gasteiger partial charge >= 0.3 is 0 Å². The predicted octanol–water partition coefficient (Wildman–Crippen LogP) is 3.33. The first-order valence-electron chi connectivity index (χ1n) is 12.6. The van der Waals surface area contributed by atoms with Crippen LogP contribution in [0.2, 0.25) is 0 Å². The van der Waals surface area contributed by atoms with Crippen LogP contribution < -0.4 is 25.0 Å². The third kappa shape index (κ3) is 3.46. The van der Waals surface area contributed by atoms with Crippen LogP contribution in [0.15, 0.2) is 42.6 Å². The summed E-state index contributed by atoms with van der Waals surface area (Å²) < 4.78 is 16.4. The topological polar surface area (TPSA) is 127 Å². The first kappa shape index (κ1) is 22.8. The molecule has 1 amide bonds. The number of hydrogen-bond donors (Lipinski definition) is 3. The van der Waals surface area contributed by atoms with Crippen LogP contribution in [0.3, 0.4) is 0 Å². The number of hydrogen-bond acceptors (Lipinski definition) is 9. The number of benzene rings is 2. The molecular weight excluding hydrogens is 486 g/mol. The van der Waals surface area contributed by atoms with E-state index in [1.807, 2.05) is 24.3 Å². The van der Waals surface area contributed by atoms with Crippen LogP contribution in [0, 0.1) is 0 Å². The smallest absolute Gasteiger partial charge is 0.259 e. The minimum atomic E-state index is -0.552. The summed E-state index contributed by atoms with van der Waals surface area (Å²) in [6.45, 7) is 2.86. The molecule has 1 saturated heterocycles. The Bertz CT molecular complexity index is 1560. The van der Waals surface area contributed by atoms with E-state index >= 15 is 0 Å². The Morgan fingerprint density at radius 1 is 1.11 bits per heavy atom. The van der Waals surface area contributed by atoms with Crippen LogP contribution >= 0.6 is 0 Å². The van der Waals surface area contributed by atoms with Gasteiger partial charge in [0.1, 0.15) is 5.75 Å². The number of amides is 1. The lowest BCUT2D eigenvalue weighted by atomic mass is 9.91. The van der Waals surface area contributed by atoms with Crippen molar-refractivity contribution in [2.24, 2.45) is 0 Å². The molecule has 7 rings (SSSR count). The molecule has 11 heteroatoms. The van der Waals surface area contributed by atoms with Crippen molar-refractivity contribution in [2.45, 2.75) is 17.8 Å². The number of ether oxygens (including phenoxy) is 3. The first-order chi connectivity index (χ1) is 18.6. The number of carbonyl (C=O) groups is 1. The van der Waals surface area contributed by atoms with Gasteiger partial charge in [-0.1, -0.05) is 6.07 Å². The van der Waals surface area contributed by atoms with Gasteiger partial charge in [-0.15, -0.1) is 0 Å². The fourth-order valence-electron chi connectivity index (χ4n) is 5.70. The SMILES string of the molecule is COc1ccc2c(c1)[C@]1(C[C@H]1c1ccc3c(Nc4ncc(N5CCOCC5)nc4OC)n[nH]c3c1)C(=O)N2. The van der Waals surface area contributed by atoms with Gasteiger partial charge in [0.05, 0.1) is 44.6 Å². The van der Waals surface area contributed by atoms with Crippen molar-refractivity contribution in [1.29, 1.82) is 0 Å². The Balaban J connectivity index is 1.15. The number of nitrogens with one attached hydrogen (secondary N) is 3. The summed E-state index contributed by atoms with van der Waals surface area (Å²) in [5, 5.41) is 14.8. The monoisotopic (exact) mass is 513 g/mol. The van der Waals surface area contributed by atoms with Crippen LogP contribution in [-0.4, -0.2) is 66.6 Å². The van der Waals surface area contributed by atoms with Gasteiger partial charge in [-0.2, -0.15) is 10.1 Å². The molecule has 3 aliphatic rings. The Morgan fingerprint density at radius 2 is 1.97 bits per heavy atom. The minimum absolute atomic E-state index is 0.0454. The Labute approximate surface area is 218 Å². The number of rotatable bonds is 6. The maximum atomic E-state index is 13.0. The third-order valence-electron chi connectivity index (χ3n) is 7.80. The molecular formula is C27H27N7O4. The second-order valence-electron chi connectivity index (χ2n) is 9.78. The molecule has 4 heterocycles. The summed E-state index contributed by atoms with van der Waals surface area (Å²) in [7, 11) is 3.21. The molecule has 2 atom stereocenters. The molecule has 38 heavy (non-hydrogen) atoms. The van der Waals surface area contributed by atoms with Crippen molar-refractivity contribution in [1.82, 2.24) is 20.2 Å². The van der Waals surface area contributed by atoms with Gasteiger partial charge in [-0.3, -0.25) is 9.89 Å². The van der Waals surface area contributed by atoms with E-state index < -0.39 is 5.41 Å². The average Bonchev–Trinajstić information content (AvgIpc) is 3.51. The molecule has 0 bridgehead atoms. The summed E-state index contributed by atoms with van der Waals surface area (Å²) in [4.78, 5) is 24.4. The fraction of sp³-hybridized carbons (Fsp3) is 0.333. The zero-order valence-corrected chi connectivity index (χ0v) is 21.1. The molecule has 0 unspecified atom stereocenters. The van der Waals surface area contributed by atoms with Crippen molar-refractivity contribution in [2.75, 3.05) is 56.1 Å². The van der Waals surface area contributed by atoms with Crippen LogP contribution in [0.5, 0.6) is 11.6 Å². The van der Waals surface area contributed by atoms with Gasteiger partial charge in [0.15, 0.2) is 17.5 Å². The number of fused-ring (bicyclic) bond motifs is 3. The number of H-pyrrole nitrogens is 1. The van der Waals surface area contributed by atoms with E-state index in [0.717, 1.165) is 58.8 Å². The maximum absolute atomic E-state index is 13.0. The highest BCUT2D eigenvalue weighted by molar-refractivity contribution is 6.10. The molecule has 1 aliphatic carbocycles. The number of morpholine rings is 1. The molecule has 4 aromatic rings. The van der Waals surface area contributed by atoms with Crippen LogP contribution in [-0.2, 0) is 14.9 Å². The van der Waals surface area contributed by atoms with E-state index in [1.54, 1.807) is 20.4 Å². The fourth-order valence-corrected chi connectivity index (χ4v) is 5.70. The second kappa shape index (κ2) is 8.59. The van der Waals surface area contributed by atoms with Crippen LogP contribution in [0.4, 0.5) is 23.1 Å². The highest BCUT2D eigenvalue weighted by Gasteiger charge is 2.65. The summed E-state index contributed by atoms with van der Waals surface area (Å²) in [6.07, 6.45) is 2.49. The molecule has 3 N–H and O–H groups in total. The zero-order chi connectivity index (χ0) is 25.9. The molecule has 1 spiro atoms. The average molecular weight is 514 g/mol. The van der Waals surface area contributed by atoms with Crippen molar-refractivity contribution in [3.8, 4) is 11.6 Å². The predicted molar refractivity (Wildman–Crippen MR) is 142 cm³/mol. The van der Waals surface area contributed by atoms with Crippen molar-refractivity contribution < 1.29 is 19.0 Å². The number of carbonyl (C=O) groups excluding carboxylic acids is 1. The molecule has 2 aromatic carbocycles. The molecule has 1 saturated carbocycles. The molecule has 2 aliphatic heterocycles. The number of aromatic nitrogens is 4. The number of aromatic amines is 1. The Morgan fingerprint density at radius 3 is 2.79 bits per heavy atom. The Kier molecular flexibility index (Phi) is 5.15. The van der Waals surface area contributed by atoms with Gasteiger partial charge in [-0.05, 0) is 47.9 Å².